The summed E-state index contributed by atoms with van der Waals surface area (Å²) in [5.74, 6) is 1.98. The van der Waals surface area contributed by atoms with E-state index in [0.717, 1.165) is 11.6 Å². The molecule has 0 aromatic carbocycles. The van der Waals surface area contributed by atoms with Gasteiger partial charge in [-0.1, -0.05) is 40.0 Å². The fraction of sp³-hybridized carbons (Fsp3) is 0.857. The summed E-state index contributed by atoms with van der Waals surface area (Å²) in [6.45, 7) is 8.52. The van der Waals surface area contributed by atoms with Gasteiger partial charge in [0.2, 0.25) is 0 Å². The number of aryl methyl sites for hydroxylation is 1. The van der Waals surface area contributed by atoms with Crippen LogP contribution in [0.1, 0.15) is 76.6 Å². The molecule has 4 nitrogen and oxygen atoms in total. The van der Waals surface area contributed by atoms with Gasteiger partial charge in [0.05, 0.1) is 6.04 Å². The van der Waals surface area contributed by atoms with Gasteiger partial charge in [0.25, 0.3) is 0 Å². The summed E-state index contributed by atoms with van der Waals surface area (Å²) in [5.41, 5.74) is 6.39. The van der Waals surface area contributed by atoms with E-state index < -0.39 is 0 Å². The van der Waals surface area contributed by atoms with Gasteiger partial charge in [-0.25, -0.2) is 0 Å². The van der Waals surface area contributed by atoms with Crippen molar-refractivity contribution in [3.05, 3.63) is 11.6 Å². The van der Waals surface area contributed by atoms with Crippen LogP contribution in [-0.4, -0.2) is 14.8 Å². The zero-order valence-corrected chi connectivity index (χ0v) is 12.1. The normalized spacial score (nSPS) is 20.1. The lowest BCUT2D eigenvalue weighted by molar-refractivity contribution is 0.281. The number of hydrogen-bond acceptors (Lipinski definition) is 3. The van der Waals surface area contributed by atoms with Crippen LogP contribution in [0.4, 0.5) is 0 Å². The Bertz CT molecular complexity index is 396. The minimum absolute atomic E-state index is 0.0197. The van der Waals surface area contributed by atoms with Gasteiger partial charge in [-0.05, 0) is 25.2 Å². The van der Waals surface area contributed by atoms with E-state index in [4.69, 9.17) is 5.73 Å². The van der Waals surface area contributed by atoms with Crippen molar-refractivity contribution in [2.75, 3.05) is 0 Å². The maximum absolute atomic E-state index is 6.37. The predicted molar refractivity (Wildman–Crippen MR) is 73.3 cm³/mol. The molecule has 2 N–H and O–H groups in total. The molecule has 1 fully saturated rings. The first-order valence-corrected chi connectivity index (χ1v) is 7.08. The van der Waals surface area contributed by atoms with Crippen LogP contribution in [-0.2, 0) is 0 Å². The van der Waals surface area contributed by atoms with Crippen LogP contribution in [0.2, 0.25) is 0 Å². The molecule has 0 unspecified atom stereocenters. The van der Waals surface area contributed by atoms with E-state index in [0.29, 0.717) is 6.04 Å². The Morgan fingerprint density at radius 3 is 2.33 bits per heavy atom. The number of nitrogens with zero attached hydrogens (tertiary/aromatic N) is 3. The topological polar surface area (TPSA) is 56.7 Å². The van der Waals surface area contributed by atoms with E-state index in [1.807, 2.05) is 6.92 Å². The van der Waals surface area contributed by atoms with Crippen LogP contribution in [0.5, 0.6) is 0 Å². The first-order valence-electron chi connectivity index (χ1n) is 7.08. The molecule has 1 heterocycles. The van der Waals surface area contributed by atoms with E-state index in [1.54, 1.807) is 0 Å². The van der Waals surface area contributed by atoms with Gasteiger partial charge in [-0.3, -0.25) is 0 Å². The largest absolute Gasteiger partial charge is 0.321 e. The molecule has 4 heteroatoms. The van der Waals surface area contributed by atoms with Gasteiger partial charge in [-0.15, -0.1) is 10.2 Å². The number of hydrogen-bond donors (Lipinski definition) is 1. The lowest BCUT2D eigenvalue weighted by Gasteiger charge is -2.31. The Hall–Kier alpha value is -0.900. The first-order chi connectivity index (χ1) is 8.41. The minimum Gasteiger partial charge on any atom is -0.321 e. The predicted octanol–water partition coefficient (Wildman–Crippen LogP) is 3.14. The van der Waals surface area contributed by atoms with Crippen molar-refractivity contribution in [2.45, 2.75) is 71.9 Å². The molecule has 0 radical (unpaired) electrons. The molecule has 1 saturated carbocycles. The fourth-order valence-corrected chi connectivity index (χ4v) is 2.78. The fourth-order valence-electron chi connectivity index (χ4n) is 2.78. The maximum atomic E-state index is 6.37. The Kier molecular flexibility index (Phi) is 3.76. The zero-order chi connectivity index (χ0) is 13.3. The second-order valence-electron chi connectivity index (χ2n) is 6.61. The summed E-state index contributed by atoms with van der Waals surface area (Å²) in [6.07, 6.45) is 6.46. The molecule has 0 saturated heterocycles. The lowest BCUT2D eigenvalue weighted by Crippen LogP contribution is -2.31. The Morgan fingerprint density at radius 1 is 1.17 bits per heavy atom. The van der Waals surface area contributed by atoms with Gasteiger partial charge >= 0.3 is 0 Å². The highest BCUT2D eigenvalue weighted by Crippen LogP contribution is 2.35. The molecule has 0 bridgehead atoms. The molecular formula is C14H26N4. The number of aromatic nitrogens is 3. The highest BCUT2D eigenvalue weighted by atomic mass is 15.3. The van der Waals surface area contributed by atoms with Gasteiger partial charge in [0, 0.05) is 6.04 Å². The SMILES string of the molecule is Cc1nnc([C@H](N)C(C)(C)C)n1C1CCCCC1. The van der Waals surface area contributed by atoms with Crippen molar-refractivity contribution in [1.29, 1.82) is 0 Å². The third-order valence-electron chi connectivity index (χ3n) is 4.04. The van der Waals surface area contributed by atoms with E-state index in [-0.39, 0.29) is 11.5 Å². The van der Waals surface area contributed by atoms with Gasteiger partial charge in [0.15, 0.2) is 5.82 Å². The highest BCUT2D eigenvalue weighted by molar-refractivity contribution is 5.05. The summed E-state index contributed by atoms with van der Waals surface area (Å²) >= 11 is 0. The zero-order valence-electron chi connectivity index (χ0n) is 12.1. The Balaban J connectivity index is 2.31. The van der Waals surface area contributed by atoms with E-state index in [9.17, 15) is 0 Å². The minimum atomic E-state index is -0.0550. The Morgan fingerprint density at radius 2 is 1.78 bits per heavy atom. The standard InChI is InChI=1S/C14H26N4/c1-10-16-17-13(12(15)14(2,3)4)18(10)11-8-6-5-7-9-11/h11-12H,5-9,15H2,1-4H3/t12-/m0/s1. The van der Waals surface area contributed by atoms with Gasteiger partial charge in [0.1, 0.15) is 5.82 Å². The van der Waals surface area contributed by atoms with Crippen LogP contribution in [0.3, 0.4) is 0 Å². The summed E-state index contributed by atoms with van der Waals surface area (Å²) < 4.78 is 2.30. The summed E-state index contributed by atoms with van der Waals surface area (Å²) in [4.78, 5) is 0. The van der Waals surface area contributed by atoms with Crippen LogP contribution in [0, 0.1) is 12.3 Å². The van der Waals surface area contributed by atoms with Crippen molar-refractivity contribution in [1.82, 2.24) is 14.8 Å². The molecule has 0 spiro atoms. The molecule has 1 aromatic rings. The first kappa shape index (κ1) is 13.5. The number of rotatable bonds is 2. The smallest absolute Gasteiger partial charge is 0.150 e. The van der Waals surface area contributed by atoms with E-state index in [2.05, 4.69) is 35.5 Å². The molecule has 1 atom stereocenters. The maximum Gasteiger partial charge on any atom is 0.150 e. The van der Waals surface area contributed by atoms with Crippen molar-refractivity contribution in [3.63, 3.8) is 0 Å². The summed E-state index contributed by atoms with van der Waals surface area (Å²) in [5, 5.41) is 8.60. The molecular weight excluding hydrogens is 224 g/mol. The van der Waals surface area contributed by atoms with Crippen LogP contribution < -0.4 is 5.73 Å². The van der Waals surface area contributed by atoms with Crippen molar-refractivity contribution < 1.29 is 0 Å². The molecule has 1 aliphatic rings. The molecule has 0 amide bonds. The molecule has 1 aliphatic carbocycles. The van der Waals surface area contributed by atoms with Gasteiger partial charge in [-0.2, -0.15) is 0 Å². The van der Waals surface area contributed by atoms with E-state index >= 15 is 0 Å². The van der Waals surface area contributed by atoms with Crippen LogP contribution in [0.15, 0.2) is 0 Å². The number of nitrogens with two attached hydrogens (primary N) is 1. The van der Waals surface area contributed by atoms with Gasteiger partial charge < -0.3 is 10.3 Å². The summed E-state index contributed by atoms with van der Waals surface area (Å²) in [7, 11) is 0. The van der Waals surface area contributed by atoms with Crippen LogP contribution in [0.25, 0.3) is 0 Å². The average molecular weight is 250 g/mol. The molecule has 1 aromatic heterocycles. The van der Waals surface area contributed by atoms with Crippen molar-refractivity contribution in [3.8, 4) is 0 Å². The quantitative estimate of drug-likeness (QED) is 0.877. The molecule has 18 heavy (non-hydrogen) atoms. The van der Waals surface area contributed by atoms with Crippen molar-refractivity contribution in [2.24, 2.45) is 11.1 Å². The molecule has 2 rings (SSSR count). The summed E-state index contributed by atoms with van der Waals surface area (Å²) in [6, 6.07) is 0.498. The lowest BCUT2D eigenvalue weighted by atomic mass is 9.86. The Labute approximate surface area is 110 Å². The second-order valence-corrected chi connectivity index (χ2v) is 6.61. The monoisotopic (exact) mass is 250 g/mol. The second kappa shape index (κ2) is 5.00. The third kappa shape index (κ3) is 2.58. The highest BCUT2D eigenvalue weighted by Gasteiger charge is 2.30. The average Bonchev–Trinajstić information content (AvgIpc) is 2.70. The van der Waals surface area contributed by atoms with Crippen molar-refractivity contribution >= 4 is 0 Å². The van der Waals surface area contributed by atoms with E-state index in [1.165, 1.54) is 32.1 Å². The third-order valence-corrected chi connectivity index (χ3v) is 4.04. The molecule has 0 aliphatic heterocycles. The molecule has 102 valence electrons. The van der Waals surface area contributed by atoms with Crippen LogP contribution >= 0.6 is 0 Å².